The molecule has 0 atom stereocenters. The summed E-state index contributed by atoms with van der Waals surface area (Å²) < 4.78 is 6.48. The molecule has 0 fully saturated rings. The van der Waals surface area contributed by atoms with E-state index in [1.165, 1.54) is 16.9 Å². The number of benzene rings is 1. The summed E-state index contributed by atoms with van der Waals surface area (Å²) in [7, 11) is 0. The van der Waals surface area contributed by atoms with Crippen molar-refractivity contribution in [1.82, 2.24) is 0 Å². The maximum Gasteiger partial charge on any atom is 0.348 e. The smallest absolute Gasteiger partial charge is 0.348 e. The first-order valence-electron chi connectivity index (χ1n) is 5.59. The van der Waals surface area contributed by atoms with Crippen LogP contribution in [0, 0.1) is 6.92 Å². The molecule has 0 aliphatic heterocycles. The summed E-state index contributed by atoms with van der Waals surface area (Å²) >= 11 is 1.48. The van der Waals surface area contributed by atoms with Crippen LogP contribution in [0.3, 0.4) is 0 Å². The van der Waals surface area contributed by atoms with E-state index >= 15 is 0 Å². The summed E-state index contributed by atoms with van der Waals surface area (Å²) in [6.07, 6.45) is 0. The third kappa shape index (κ3) is 2.86. The Morgan fingerprint density at radius 1 is 1.24 bits per heavy atom. The van der Waals surface area contributed by atoms with Crippen LogP contribution in [0.5, 0.6) is 0 Å². The van der Waals surface area contributed by atoms with Crippen LogP contribution in [0.15, 0.2) is 24.3 Å². The molecule has 1 aromatic carbocycles. The molecule has 0 amide bonds. The second-order valence-corrected chi connectivity index (χ2v) is 6.24. The van der Waals surface area contributed by atoms with E-state index in [1.54, 1.807) is 0 Å². The second-order valence-electron chi connectivity index (χ2n) is 5.15. The Morgan fingerprint density at radius 2 is 1.94 bits per heavy atom. The number of hydrogen-bond acceptors (Lipinski definition) is 3. The molecule has 2 rings (SSSR count). The Morgan fingerprint density at radius 3 is 2.59 bits per heavy atom. The van der Waals surface area contributed by atoms with Gasteiger partial charge in [0, 0.05) is 4.70 Å². The summed E-state index contributed by atoms with van der Waals surface area (Å²) in [6.45, 7) is 7.68. The minimum Gasteiger partial charge on any atom is -0.456 e. The van der Waals surface area contributed by atoms with Crippen molar-refractivity contribution in [1.29, 1.82) is 0 Å². The number of ether oxygens (including phenoxy) is 1. The van der Waals surface area contributed by atoms with Crippen molar-refractivity contribution in [2.75, 3.05) is 0 Å². The Kier molecular flexibility index (Phi) is 2.96. The number of carbonyl (C=O) groups excluding carboxylic acids is 1. The lowest BCUT2D eigenvalue weighted by Crippen LogP contribution is -2.23. The van der Waals surface area contributed by atoms with Gasteiger partial charge in [-0.3, -0.25) is 0 Å². The largest absolute Gasteiger partial charge is 0.456 e. The molecule has 1 aromatic heterocycles. The van der Waals surface area contributed by atoms with Gasteiger partial charge in [0.05, 0.1) is 0 Å². The normalized spacial score (nSPS) is 11.8. The van der Waals surface area contributed by atoms with Gasteiger partial charge in [0.15, 0.2) is 0 Å². The third-order valence-corrected chi connectivity index (χ3v) is 3.37. The average molecular weight is 248 g/mol. The van der Waals surface area contributed by atoms with Gasteiger partial charge in [0.2, 0.25) is 0 Å². The molecule has 0 aliphatic rings. The number of hydrogen-bond donors (Lipinski definition) is 0. The highest BCUT2D eigenvalue weighted by Gasteiger charge is 2.19. The number of thiophene rings is 1. The molecule has 0 radical (unpaired) electrons. The highest BCUT2D eigenvalue weighted by atomic mass is 32.1. The van der Waals surface area contributed by atoms with Crippen LogP contribution in [-0.2, 0) is 4.74 Å². The molecule has 0 aliphatic carbocycles. The summed E-state index contributed by atoms with van der Waals surface area (Å²) in [5, 5.41) is 1.11. The zero-order chi connectivity index (χ0) is 12.6. The second kappa shape index (κ2) is 4.15. The fraction of sp³-hybridized carbons (Fsp3) is 0.357. The predicted octanol–water partition coefficient (Wildman–Crippen LogP) is 4.17. The first kappa shape index (κ1) is 12.1. The minimum absolute atomic E-state index is 0.239. The summed E-state index contributed by atoms with van der Waals surface area (Å²) in [5.74, 6) is -0.239. The van der Waals surface area contributed by atoms with E-state index in [0.717, 1.165) is 10.1 Å². The van der Waals surface area contributed by atoms with Crippen molar-refractivity contribution in [3.8, 4) is 0 Å². The van der Waals surface area contributed by atoms with Crippen molar-refractivity contribution in [3.63, 3.8) is 0 Å². The minimum atomic E-state index is -0.441. The van der Waals surface area contributed by atoms with E-state index in [1.807, 2.05) is 39.8 Å². The number of carbonyl (C=O) groups is 1. The van der Waals surface area contributed by atoms with E-state index in [4.69, 9.17) is 4.74 Å². The summed E-state index contributed by atoms with van der Waals surface area (Å²) in [4.78, 5) is 12.6. The molecular formula is C14H16O2S. The van der Waals surface area contributed by atoms with Crippen LogP contribution >= 0.6 is 11.3 Å². The van der Waals surface area contributed by atoms with E-state index in [2.05, 4.69) is 12.1 Å². The van der Waals surface area contributed by atoms with Crippen molar-refractivity contribution < 1.29 is 9.53 Å². The van der Waals surface area contributed by atoms with Crippen LogP contribution in [0.1, 0.15) is 36.0 Å². The van der Waals surface area contributed by atoms with E-state index in [9.17, 15) is 4.79 Å². The van der Waals surface area contributed by atoms with Crippen LogP contribution in [0.2, 0.25) is 0 Å². The molecule has 17 heavy (non-hydrogen) atoms. The van der Waals surface area contributed by atoms with Gasteiger partial charge >= 0.3 is 5.97 Å². The molecule has 0 saturated heterocycles. The molecule has 1 heterocycles. The van der Waals surface area contributed by atoms with Gasteiger partial charge in [0.1, 0.15) is 10.5 Å². The lowest BCUT2D eigenvalue weighted by Gasteiger charge is -2.18. The molecule has 0 unspecified atom stereocenters. The van der Waals surface area contributed by atoms with E-state index in [0.29, 0.717) is 4.88 Å². The molecule has 0 N–H and O–H groups in total. The van der Waals surface area contributed by atoms with Crippen molar-refractivity contribution in [2.45, 2.75) is 33.3 Å². The average Bonchev–Trinajstić information content (AvgIpc) is 2.57. The Labute approximate surface area is 105 Å². The topological polar surface area (TPSA) is 26.3 Å². The fourth-order valence-electron chi connectivity index (χ4n) is 1.59. The van der Waals surface area contributed by atoms with E-state index in [-0.39, 0.29) is 5.97 Å². The van der Waals surface area contributed by atoms with Gasteiger partial charge in [0.25, 0.3) is 0 Å². The molecule has 0 saturated carbocycles. The number of fused-ring (bicyclic) bond motifs is 1. The first-order chi connectivity index (χ1) is 7.85. The van der Waals surface area contributed by atoms with Gasteiger partial charge in [-0.1, -0.05) is 17.7 Å². The number of aryl methyl sites for hydroxylation is 1. The monoisotopic (exact) mass is 248 g/mol. The molecular weight excluding hydrogens is 232 g/mol. The Bertz CT molecular complexity index is 561. The fourth-order valence-corrected chi connectivity index (χ4v) is 2.51. The van der Waals surface area contributed by atoms with Gasteiger partial charge in [-0.15, -0.1) is 11.3 Å². The quantitative estimate of drug-likeness (QED) is 0.708. The number of rotatable bonds is 1. The van der Waals surface area contributed by atoms with Crippen LogP contribution < -0.4 is 0 Å². The maximum absolute atomic E-state index is 11.9. The number of esters is 1. The lowest BCUT2D eigenvalue weighted by atomic mass is 10.2. The predicted molar refractivity (Wildman–Crippen MR) is 71.7 cm³/mol. The van der Waals surface area contributed by atoms with Gasteiger partial charge in [-0.25, -0.2) is 4.79 Å². The summed E-state index contributed by atoms with van der Waals surface area (Å²) in [6, 6.07) is 8.09. The maximum atomic E-state index is 11.9. The Hall–Kier alpha value is -1.35. The first-order valence-corrected chi connectivity index (χ1v) is 6.40. The molecule has 2 aromatic rings. The third-order valence-electron chi connectivity index (χ3n) is 2.27. The summed E-state index contributed by atoms with van der Waals surface area (Å²) in [5.41, 5.74) is 0.759. The standard InChI is InChI=1S/C14H16O2S/c1-9-5-6-11-10(7-9)8-12(17-11)13(15)16-14(2,3)4/h5-8H,1-4H3. The Balaban J connectivity index is 2.33. The van der Waals surface area contributed by atoms with Gasteiger partial charge in [-0.2, -0.15) is 0 Å². The molecule has 2 nitrogen and oxygen atoms in total. The van der Waals surface area contributed by atoms with Crippen molar-refractivity contribution in [2.24, 2.45) is 0 Å². The SMILES string of the molecule is Cc1ccc2sc(C(=O)OC(C)(C)C)cc2c1. The van der Waals surface area contributed by atoms with E-state index < -0.39 is 5.60 Å². The molecule has 0 bridgehead atoms. The van der Waals surface area contributed by atoms with Gasteiger partial charge in [-0.05, 0) is 45.2 Å². The zero-order valence-corrected chi connectivity index (χ0v) is 11.4. The highest BCUT2D eigenvalue weighted by molar-refractivity contribution is 7.20. The van der Waals surface area contributed by atoms with Crippen LogP contribution in [0.25, 0.3) is 10.1 Å². The molecule has 0 spiro atoms. The van der Waals surface area contributed by atoms with Crippen molar-refractivity contribution >= 4 is 27.4 Å². The van der Waals surface area contributed by atoms with Gasteiger partial charge < -0.3 is 4.74 Å². The van der Waals surface area contributed by atoms with Crippen LogP contribution in [-0.4, -0.2) is 11.6 Å². The molecule has 90 valence electrons. The zero-order valence-electron chi connectivity index (χ0n) is 10.5. The highest BCUT2D eigenvalue weighted by Crippen LogP contribution is 2.27. The van der Waals surface area contributed by atoms with Crippen LogP contribution in [0.4, 0.5) is 0 Å². The molecule has 3 heteroatoms. The van der Waals surface area contributed by atoms with Crippen molar-refractivity contribution in [3.05, 3.63) is 34.7 Å². The lowest BCUT2D eigenvalue weighted by molar-refractivity contribution is 0.00753.